The SMILES string of the molecule is CC1(C)c2ccccc2-c2cc(-c3nc(-c4ccccc4)nc(-c4ccc5c(c4)sc4cc(-n6c7ccccc7c7cccnc76)ccc45)n3)ccc21. The first-order valence-corrected chi connectivity index (χ1v) is 18.7. The van der Waals surface area contributed by atoms with E-state index in [0.29, 0.717) is 17.5 Å². The zero-order chi connectivity index (χ0) is 35.3. The predicted octanol–water partition coefficient (Wildman–Crippen LogP) is 12.0. The largest absolute Gasteiger partial charge is 0.294 e. The van der Waals surface area contributed by atoms with Crippen LogP contribution in [0.3, 0.4) is 0 Å². The summed E-state index contributed by atoms with van der Waals surface area (Å²) in [5, 5.41) is 4.82. The molecule has 0 saturated carbocycles. The van der Waals surface area contributed by atoms with E-state index in [4.69, 9.17) is 19.9 Å². The number of nitrogens with zero attached hydrogens (tertiary/aromatic N) is 5. The first-order chi connectivity index (χ1) is 26.0. The van der Waals surface area contributed by atoms with E-state index in [1.807, 2.05) is 30.5 Å². The molecule has 0 atom stereocenters. The van der Waals surface area contributed by atoms with Crippen LogP contribution in [-0.2, 0) is 5.41 Å². The highest BCUT2D eigenvalue weighted by Gasteiger charge is 2.35. The van der Waals surface area contributed by atoms with Gasteiger partial charge in [-0.05, 0) is 64.7 Å². The summed E-state index contributed by atoms with van der Waals surface area (Å²) in [5.74, 6) is 1.99. The maximum atomic E-state index is 5.16. The molecule has 250 valence electrons. The molecule has 0 fully saturated rings. The van der Waals surface area contributed by atoms with Crippen molar-refractivity contribution in [2.24, 2.45) is 0 Å². The molecular weight excluding hydrogens is 667 g/mol. The maximum Gasteiger partial charge on any atom is 0.164 e. The van der Waals surface area contributed by atoms with Gasteiger partial charge >= 0.3 is 0 Å². The third-order valence-electron chi connectivity index (χ3n) is 10.9. The highest BCUT2D eigenvalue weighted by molar-refractivity contribution is 7.25. The Hall–Kier alpha value is -6.50. The topological polar surface area (TPSA) is 56.5 Å². The molecule has 1 aliphatic carbocycles. The first kappa shape index (κ1) is 30.2. The van der Waals surface area contributed by atoms with Crippen molar-refractivity contribution in [3.63, 3.8) is 0 Å². The van der Waals surface area contributed by atoms with Crippen LogP contribution >= 0.6 is 11.3 Å². The lowest BCUT2D eigenvalue weighted by molar-refractivity contribution is 0.660. The van der Waals surface area contributed by atoms with Gasteiger partial charge in [-0.3, -0.25) is 4.57 Å². The van der Waals surface area contributed by atoms with Gasteiger partial charge in [-0.15, -0.1) is 11.3 Å². The molecule has 1 aliphatic rings. The monoisotopic (exact) mass is 697 g/mol. The van der Waals surface area contributed by atoms with Gasteiger partial charge in [0.15, 0.2) is 17.5 Å². The van der Waals surface area contributed by atoms with Crippen molar-refractivity contribution < 1.29 is 0 Å². The molecule has 6 heteroatoms. The number of aromatic nitrogens is 5. The number of hydrogen-bond acceptors (Lipinski definition) is 5. The van der Waals surface area contributed by atoms with Crippen LogP contribution in [0.2, 0.25) is 0 Å². The lowest BCUT2D eigenvalue weighted by Gasteiger charge is -2.21. The van der Waals surface area contributed by atoms with E-state index in [1.54, 1.807) is 11.3 Å². The lowest BCUT2D eigenvalue weighted by Crippen LogP contribution is -2.14. The van der Waals surface area contributed by atoms with Gasteiger partial charge in [0.1, 0.15) is 5.65 Å². The van der Waals surface area contributed by atoms with Crippen LogP contribution in [0.4, 0.5) is 0 Å². The van der Waals surface area contributed by atoms with E-state index in [0.717, 1.165) is 38.9 Å². The minimum absolute atomic E-state index is 0.0648. The molecular formula is C47H31N5S. The average molecular weight is 698 g/mol. The molecule has 0 radical (unpaired) electrons. The van der Waals surface area contributed by atoms with Crippen molar-refractivity contribution in [1.29, 1.82) is 0 Å². The lowest BCUT2D eigenvalue weighted by atomic mass is 9.82. The Morgan fingerprint density at radius 1 is 0.491 bits per heavy atom. The normalized spacial score (nSPS) is 13.2. The zero-order valence-electron chi connectivity index (χ0n) is 29.1. The van der Waals surface area contributed by atoms with E-state index in [2.05, 4.69) is 140 Å². The molecule has 11 rings (SSSR count). The highest BCUT2D eigenvalue weighted by Crippen LogP contribution is 2.49. The number of thiophene rings is 1. The summed E-state index contributed by atoms with van der Waals surface area (Å²) < 4.78 is 4.68. The molecule has 4 aromatic heterocycles. The highest BCUT2D eigenvalue weighted by atomic mass is 32.1. The van der Waals surface area contributed by atoms with E-state index in [9.17, 15) is 0 Å². The fourth-order valence-corrected chi connectivity index (χ4v) is 9.49. The van der Waals surface area contributed by atoms with Crippen molar-refractivity contribution in [3.8, 4) is 51.0 Å². The third-order valence-corrected chi connectivity index (χ3v) is 12.0. The van der Waals surface area contributed by atoms with Gasteiger partial charge in [0.05, 0.1) is 5.52 Å². The van der Waals surface area contributed by atoms with Crippen LogP contribution in [0.5, 0.6) is 0 Å². The van der Waals surface area contributed by atoms with E-state index in [1.165, 1.54) is 47.8 Å². The molecule has 0 amide bonds. The molecule has 0 saturated heterocycles. The molecule has 53 heavy (non-hydrogen) atoms. The Kier molecular flexibility index (Phi) is 6.40. The number of para-hydroxylation sites is 1. The predicted molar refractivity (Wildman–Crippen MR) is 219 cm³/mol. The quantitative estimate of drug-likeness (QED) is 0.184. The molecule has 0 N–H and O–H groups in total. The molecule has 0 unspecified atom stereocenters. The van der Waals surface area contributed by atoms with Crippen molar-refractivity contribution >= 4 is 53.4 Å². The molecule has 10 aromatic rings. The van der Waals surface area contributed by atoms with Crippen molar-refractivity contribution in [1.82, 2.24) is 24.5 Å². The Labute approximate surface area is 309 Å². The molecule has 5 nitrogen and oxygen atoms in total. The molecule has 4 heterocycles. The van der Waals surface area contributed by atoms with E-state index < -0.39 is 0 Å². The molecule has 0 spiro atoms. The summed E-state index contributed by atoms with van der Waals surface area (Å²) in [6.07, 6.45) is 1.87. The maximum absolute atomic E-state index is 5.16. The van der Waals surface area contributed by atoms with Crippen molar-refractivity contribution in [2.75, 3.05) is 0 Å². The Bertz CT molecular complexity index is 3050. The second-order valence-corrected chi connectivity index (χ2v) is 15.4. The first-order valence-electron chi connectivity index (χ1n) is 17.9. The van der Waals surface area contributed by atoms with Crippen LogP contribution in [0.25, 0.3) is 93.1 Å². The fourth-order valence-electron chi connectivity index (χ4n) is 8.31. The summed E-state index contributed by atoms with van der Waals surface area (Å²) in [7, 11) is 0. The Balaban J connectivity index is 1.05. The van der Waals surface area contributed by atoms with Gasteiger partial charge in [0.25, 0.3) is 0 Å². The van der Waals surface area contributed by atoms with Crippen LogP contribution in [0.15, 0.2) is 152 Å². The van der Waals surface area contributed by atoms with Gasteiger partial charge in [0, 0.05) is 64.9 Å². The third kappa shape index (κ3) is 4.55. The second-order valence-electron chi connectivity index (χ2n) is 14.3. The fraction of sp³-hybridized carbons (Fsp3) is 0.0638. The van der Waals surface area contributed by atoms with E-state index >= 15 is 0 Å². The minimum atomic E-state index is -0.0648. The number of hydrogen-bond donors (Lipinski definition) is 0. The summed E-state index contributed by atoms with van der Waals surface area (Å²) >= 11 is 1.80. The van der Waals surface area contributed by atoms with E-state index in [-0.39, 0.29) is 5.41 Å². The van der Waals surface area contributed by atoms with Gasteiger partial charge in [-0.1, -0.05) is 117 Å². The molecule has 0 aliphatic heterocycles. The van der Waals surface area contributed by atoms with Gasteiger partial charge < -0.3 is 0 Å². The van der Waals surface area contributed by atoms with Crippen LogP contribution in [0.1, 0.15) is 25.0 Å². The average Bonchev–Trinajstić information content (AvgIpc) is 3.82. The summed E-state index contributed by atoms with van der Waals surface area (Å²) in [6, 6.07) is 51.6. The van der Waals surface area contributed by atoms with Crippen molar-refractivity contribution in [2.45, 2.75) is 19.3 Å². The number of benzene rings is 6. The number of pyridine rings is 1. The van der Waals surface area contributed by atoms with Gasteiger partial charge in [0.2, 0.25) is 0 Å². The zero-order valence-corrected chi connectivity index (χ0v) is 29.9. The van der Waals surface area contributed by atoms with Crippen LogP contribution < -0.4 is 0 Å². The minimum Gasteiger partial charge on any atom is -0.294 e. The summed E-state index contributed by atoms with van der Waals surface area (Å²) in [6.45, 7) is 4.61. The van der Waals surface area contributed by atoms with Gasteiger partial charge in [-0.2, -0.15) is 0 Å². The number of rotatable bonds is 4. The van der Waals surface area contributed by atoms with Crippen molar-refractivity contribution in [3.05, 3.63) is 163 Å². The van der Waals surface area contributed by atoms with Crippen LogP contribution in [0, 0.1) is 0 Å². The van der Waals surface area contributed by atoms with Crippen LogP contribution in [-0.4, -0.2) is 24.5 Å². The Morgan fingerprint density at radius 3 is 1.98 bits per heavy atom. The summed E-state index contributed by atoms with van der Waals surface area (Å²) in [4.78, 5) is 20.1. The summed E-state index contributed by atoms with van der Waals surface area (Å²) in [5.41, 5.74) is 11.3. The number of fused-ring (bicyclic) bond motifs is 9. The molecule has 6 aromatic carbocycles. The second kappa shape index (κ2) is 11.2. The Morgan fingerprint density at radius 2 is 1.13 bits per heavy atom. The standard InChI is InChI=1S/C47H31N5S/c1-47(2)38-16-8-6-13-32(38)37-25-29(19-23-39(37)47)44-49-43(28-11-4-3-5-12-28)50-45(51-44)30-18-21-34-35-22-20-31(27-42(35)53-41(34)26-30)52-40-17-9-7-14-33(40)36-15-10-24-48-46(36)52/h3-27H,1-2H3. The van der Waals surface area contributed by atoms with Gasteiger partial charge in [-0.25, -0.2) is 19.9 Å². The smallest absolute Gasteiger partial charge is 0.164 e. The molecule has 0 bridgehead atoms.